The maximum absolute atomic E-state index is 5.95. The first-order chi connectivity index (χ1) is 8.03. The lowest BCUT2D eigenvalue weighted by Gasteiger charge is -2.39. The van der Waals surface area contributed by atoms with Gasteiger partial charge < -0.3 is 9.47 Å². The van der Waals surface area contributed by atoms with Gasteiger partial charge in [0.2, 0.25) is 0 Å². The zero-order valence-electron chi connectivity index (χ0n) is 12.1. The van der Waals surface area contributed by atoms with Crippen LogP contribution in [-0.2, 0) is 9.47 Å². The quantitative estimate of drug-likeness (QED) is 0.604. The summed E-state index contributed by atoms with van der Waals surface area (Å²) in [4.78, 5) is 0. The third-order valence-corrected chi connectivity index (χ3v) is 3.41. The maximum Gasteiger partial charge on any atom is 0.158 e. The molecule has 0 amide bonds. The van der Waals surface area contributed by atoms with Crippen molar-refractivity contribution in [2.75, 3.05) is 0 Å². The van der Waals surface area contributed by atoms with Crippen LogP contribution in [0.3, 0.4) is 0 Å². The van der Waals surface area contributed by atoms with Crippen LogP contribution in [0.5, 0.6) is 0 Å². The van der Waals surface area contributed by atoms with Crippen LogP contribution in [-0.4, -0.2) is 18.0 Å². The summed E-state index contributed by atoms with van der Waals surface area (Å²) in [5.41, 5.74) is -0.00938. The second kappa shape index (κ2) is 7.38. The van der Waals surface area contributed by atoms with Crippen LogP contribution >= 0.6 is 0 Å². The molecule has 0 bridgehead atoms. The summed E-state index contributed by atoms with van der Waals surface area (Å²) in [6, 6.07) is 0. The number of ether oxygens (including phenoxy) is 2. The molecular weight excluding hydrogens is 212 g/mol. The Kier molecular flexibility index (Phi) is 6.50. The maximum atomic E-state index is 5.95. The molecule has 0 aromatic carbocycles. The van der Waals surface area contributed by atoms with Crippen molar-refractivity contribution in [3.05, 3.63) is 0 Å². The number of hydrogen-bond donors (Lipinski definition) is 0. The largest absolute Gasteiger partial charge is 0.350 e. The minimum absolute atomic E-state index is 0.00938. The zero-order valence-corrected chi connectivity index (χ0v) is 12.1. The van der Waals surface area contributed by atoms with Gasteiger partial charge in [-0.15, -0.1) is 0 Å². The van der Waals surface area contributed by atoms with Crippen LogP contribution in [0, 0.1) is 0 Å². The summed E-state index contributed by atoms with van der Waals surface area (Å²) in [5, 5.41) is 0. The molecular formula is C15H30O2. The number of rotatable bonds is 7. The van der Waals surface area contributed by atoms with Crippen molar-refractivity contribution in [3.8, 4) is 0 Å². The van der Waals surface area contributed by atoms with Gasteiger partial charge in [0, 0.05) is 6.42 Å². The summed E-state index contributed by atoms with van der Waals surface area (Å²) in [7, 11) is 0. The molecule has 0 saturated carbocycles. The Bertz CT molecular complexity index is 201. The van der Waals surface area contributed by atoms with Crippen molar-refractivity contribution >= 4 is 0 Å². The van der Waals surface area contributed by atoms with E-state index in [2.05, 4.69) is 27.7 Å². The van der Waals surface area contributed by atoms with E-state index >= 15 is 0 Å². The molecule has 1 heterocycles. The van der Waals surface area contributed by atoms with Crippen molar-refractivity contribution < 1.29 is 9.47 Å². The average Bonchev–Trinajstić information content (AvgIpc) is 2.20. The highest BCUT2D eigenvalue weighted by atomic mass is 16.7. The summed E-state index contributed by atoms with van der Waals surface area (Å²) in [6.07, 6.45) is 10.4. The molecule has 1 aliphatic rings. The van der Waals surface area contributed by atoms with Gasteiger partial charge in [0.25, 0.3) is 0 Å². The molecule has 0 aromatic rings. The van der Waals surface area contributed by atoms with Crippen molar-refractivity contribution in [2.45, 2.75) is 97.1 Å². The Balaban J connectivity index is 2.10. The van der Waals surface area contributed by atoms with Crippen molar-refractivity contribution in [1.29, 1.82) is 0 Å². The zero-order chi connectivity index (χ0) is 12.7. The third kappa shape index (κ3) is 6.42. The van der Waals surface area contributed by atoms with E-state index in [1.165, 1.54) is 38.5 Å². The lowest BCUT2D eigenvalue weighted by atomic mass is 9.99. The molecule has 0 spiro atoms. The molecule has 2 atom stereocenters. The highest BCUT2D eigenvalue weighted by molar-refractivity contribution is 4.77. The first kappa shape index (κ1) is 15.0. The topological polar surface area (TPSA) is 18.5 Å². The summed E-state index contributed by atoms with van der Waals surface area (Å²) in [5.74, 6) is 0. The standard InChI is InChI=1S/C15H30O2/c1-5-6-7-8-9-10-11-14-16-13(2)12-15(3,4)17-14/h13-14H,5-12H2,1-4H3/t13-,14+/m1/s1. The molecule has 2 heteroatoms. The SMILES string of the molecule is CCCCCCCC[C@H]1O[C@H](C)CC(C)(C)O1. The predicted molar refractivity (Wildman–Crippen MR) is 72.1 cm³/mol. The van der Waals surface area contributed by atoms with Crippen molar-refractivity contribution in [3.63, 3.8) is 0 Å². The Morgan fingerprint density at radius 3 is 2.35 bits per heavy atom. The number of hydrogen-bond acceptors (Lipinski definition) is 2. The van der Waals surface area contributed by atoms with Gasteiger partial charge in [-0.1, -0.05) is 39.0 Å². The van der Waals surface area contributed by atoms with Gasteiger partial charge in [0.1, 0.15) is 0 Å². The normalized spacial score (nSPS) is 28.2. The minimum atomic E-state index is -0.00938. The van der Waals surface area contributed by atoms with Gasteiger partial charge in [0.15, 0.2) is 6.29 Å². The summed E-state index contributed by atoms with van der Waals surface area (Å²) < 4.78 is 11.8. The van der Waals surface area contributed by atoms with E-state index in [0.29, 0.717) is 6.10 Å². The van der Waals surface area contributed by atoms with Crippen LogP contribution in [0.4, 0.5) is 0 Å². The van der Waals surface area contributed by atoms with E-state index in [0.717, 1.165) is 12.8 Å². The molecule has 0 N–H and O–H groups in total. The summed E-state index contributed by atoms with van der Waals surface area (Å²) in [6.45, 7) is 8.74. The van der Waals surface area contributed by atoms with Crippen LogP contribution in [0.25, 0.3) is 0 Å². The molecule has 1 rings (SSSR count). The Hall–Kier alpha value is -0.0800. The second-order valence-electron chi connectivity index (χ2n) is 6.01. The first-order valence-corrected chi connectivity index (χ1v) is 7.37. The molecule has 2 nitrogen and oxygen atoms in total. The molecule has 0 radical (unpaired) electrons. The van der Waals surface area contributed by atoms with Crippen LogP contribution < -0.4 is 0 Å². The fraction of sp³-hybridized carbons (Fsp3) is 1.00. The molecule has 1 saturated heterocycles. The molecule has 1 aliphatic heterocycles. The lowest BCUT2D eigenvalue weighted by molar-refractivity contribution is -0.270. The van der Waals surface area contributed by atoms with E-state index < -0.39 is 0 Å². The molecule has 0 aromatic heterocycles. The first-order valence-electron chi connectivity index (χ1n) is 7.37. The van der Waals surface area contributed by atoms with Gasteiger partial charge >= 0.3 is 0 Å². The fourth-order valence-electron chi connectivity index (χ4n) is 2.65. The van der Waals surface area contributed by atoms with Crippen LogP contribution in [0.15, 0.2) is 0 Å². The summed E-state index contributed by atoms with van der Waals surface area (Å²) >= 11 is 0. The lowest BCUT2D eigenvalue weighted by Crippen LogP contribution is -2.42. The van der Waals surface area contributed by atoms with E-state index in [1.54, 1.807) is 0 Å². The molecule has 0 unspecified atom stereocenters. The third-order valence-electron chi connectivity index (χ3n) is 3.41. The highest BCUT2D eigenvalue weighted by Crippen LogP contribution is 2.29. The second-order valence-corrected chi connectivity index (χ2v) is 6.01. The Labute approximate surface area is 107 Å². The van der Waals surface area contributed by atoms with E-state index in [-0.39, 0.29) is 11.9 Å². The number of unbranched alkanes of at least 4 members (excludes halogenated alkanes) is 5. The minimum Gasteiger partial charge on any atom is -0.350 e. The molecule has 17 heavy (non-hydrogen) atoms. The molecule has 1 fully saturated rings. The van der Waals surface area contributed by atoms with Gasteiger partial charge in [-0.3, -0.25) is 0 Å². The van der Waals surface area contributed by atoms with Gasteiger partial charge in [0.05, 0.1) is 11.7 Å². The van der Waals surface area contributed by atoms with E-state index in [9.17, 15) is 0 Å². The van der Waals surface area contributed by atoms with Gasteiger partial charge in [-0.25, -0.2) is 0 Å². The van der Waals surface area contributed by atoms with E-state index in [1.807, 2.05) is 0 Å². The monoisotopic (exact) mass is 242 g/mol. The van der Waals surface area contributed by atoms with Crippen LogP contribution in [0.2, 0.25) is 0 Å². The highest BCUT2D eigenvalue weighted by Gasteiger charge is 2.32. The van der Waals surface area contributed by atoms with Crippen molar-refractivity contribution in [1.82, 2.24) is 0 Å². The van der Waals surface area contributed by atoms with E-state index in [4.69, 9.17) is 9.47 Å². The smallest absolute Gasteiger partial charge is 0.158 e. The van der Waals surface area contributed by atoms with Gasteiger partial charge in [-0.2, -0.15) is 0 Å². The predicted octanol–water partition coefficient (Wildman–Crippen LogP) is 4.67. The Morgan fingerprint density at radius 1 is 1.06 bits per heavy atom. The average molecular weight is 242 g/mol. The van der Waals surface area contributed by atoms with Crippen molar-refractivity contribution in [2.24, 2.45) is 0 Å². The van der Waals surface area contributed by atoms with Crippen LogP contribution in [0.1, 0.15) is 79.1 Å². The Morgan fingerprint density at radius 2 is 1.71 bits per heavy atom. The molecule has 102 valence electrons. The van der Waals surface area contributed by atoms with Gasteiger partial charge in [-0.05, 0) is 33.6 Å². The molecule has 0 aliphatic carbocycles. The fourth-order valence-corrected chi connectivity index (χ4v) is 2.65.